The molecule has 0 unspecified atom stereocenters. The summed E-state index contributed by atoms with van der Waals surface area (Å²) in [6.45, 7) is 4.04. The Morgan fingerprint density at radius 3 is 2.07 bits per heavy atom. The zero-order valence-electron chi connectivity index (χ0n) is 15.6. The van der Waals surface area contributed by atoms with Gasteiger partial charge in [-0.15, -0.1) is 0 Å². The first-order valence-corrected chi connectivity index (χ1v) is 9.90. The Labute approximate surface area is 166 Å². The molecule has 0 saturated heterocycles. The third kappa shape index (κ3) is 4.73. The van der Waals surface area contributed by atoms with Gasteiger partial charge in [-0.25, -0.2) is 8.42 Å². The summed E-state index contributed by atoms with van der Waals surface area (Å²) in [5, 5.41) is 24.4. The Bertz CT molecular complexity index is 1050. The Morgan fingerprint density at radius 1 is 1.00 bits per heavy atom. The number of sulfonamides is 1. The smallest absolute Gasteiger partial charge is 0.289 e. The molecule has 0 radical (unpaired) electrons. The number of carbonyl (C=O) groups excluding carboxylic acids is 1. The van der Waals surface area contributed by atoms with Crippen LogP contribution in [0.5, 0.6) is 0 Å². The van der Waals surface area contributed by atoms with Gasteiger partial charge in [0.1, 0.15) is 5.56 Å². The minimum Gasteiger partial charge on any atom is -0.322 e. The van der Waals surface area contributed by atoms with E-state index >= 15 is 0 Å². The van der Waals surface area contributed by atoms with Crippen LogP contribution < -0.4 is 5.32 Å². The summed E-state index contributed by atoms with van der Waals surface area (Å²) in [6.07, 6.45) is 0. The van der Waals surface area contributed by atoms with E-state index in [-0.39, 0.29) is 16.1 Å². The fourth-order valence-electron chi connectivity index (χ4n) is 2.60. The molecule has 12 heteroatoms. The van der Waals surface area contributed by atoms with Gasteiger partial charge in [0.15, 0.2) is 0 Å². The Kier molecular flexibility index (Phi) is 6.61. The molecule has 1 N–H and O–H groups in total. The van der Waals surface area contributed by atoms with Crippen LogP contribution in [0, 0.1) is 20.2 Å². The highest BCUT2D eigenvalue weighted by atomic mass is 32.2. The summed E-state index contributed by atoms with van der Waals surface area (Å²) in [4.78, 5) is 32.7. The van der Waals surface area contributed by atoms with Gasteiger partial charge in [0, 0.05) is 24.8 Å². The van der Waals surface area contributed by atoms with E-state index in [1.165, 1.54) is 28.6 Å². The largest absolute Gasteiger partial charge is 0.322 e. The maximum atomic E-state index is 12.5. The lowest BCUT2D eigenvalue weighted by atomic mass is 10.1. The van der Waals surface area contributed by atoms with Crippen LogP contribution >= 0.6 is 0 Å². The van der Waals surface area contributed by atoms with Crippen LogP contribution in [0.15, 0.2) is 47.4 Å². The van der Waals surface area contributed by atoms with Gasteiger partial charge in [-0.1, -0.05) is 13.8 Å². The fraction of sp³-hybridized carbons (Fsp3) is 0.235. The lowest BCUT2D eigenvalue weighted by Crippen LogP contribution is -2.30. The quantitative estimate of drug-likeness (QED) is 0.507. The highest BCUT2D eigenvalue weighted by Gasteiger charge is 2.25. The van der Waals surface area contributed by atoms with Crippen molar-refractivity contribution in [3.05, 3.63) is 68.3 Å². The molecule has 0 aliphatic heterocycles. The first kappa shape index (κ1) is 21.9. The van der Waals surface area contributed by atoms with Gasteiger partial charge in [0.2, 0.25) is 10.0 Å². The summed E-state index contributed by atoms with van der Waals surface area (Å²) in [7, 11) is -3.66. The van der Waals surface area contributed by atoms with Gasteiger partial charge < -0.3 is 5.32 Å². The predicted octanol–water partition coefficient (Wildman–Crippen LogP) is 2.79. The van der Waals surface area contributed by atoms with Crippen molar-refractivity contribution in [2.24, 2.45) is 0 Å². The maximum Gasteiger partial charge on any atom is 0.289 e. The van der Waals surface area contributed by atoms with E-state index in [1.807, 2.05) is 0 Å². The van der Waals surface area contributed by atoms with E-state index in [0.717, 1.165) is 12.1 Å². The molecule has 0 heterocycles. The number of anilines is 1. The molecule has 154 valence electrons. The molecule has 0 aromatic heterocycles. The van der Waals surface area contributed by atoms with Crippen LogP contribution in [-0.2, 0) is 10.0 Å². The molecule has 0 saturated carbocycles. The predicted molar refractivity (Wildman–Crippen MR) is 104 cm³/mol. The zero-order chi connectivity index (χ0) is 21.8. The second kappa shape index (κ2) is 8.75. The Balaban J connectivity index is 2.28. The molecule has 0 aliphatic carbocycles. The molecule has 1 amide bonds. The minimum absolute atomic E-state index is 0.0421. The Morgan fingerprint density at radius 2 is 1.59 bits per heavy atom. The molecule has 0 bridgehead atoms. The van der Waals surface area contributed by atoms with Crippen molar-refractivity contribution in [3.8, 4) is 0 Å². The van der Waals surface area contributed by atoms with Crippen molar-refractivity contribution in [1.82, 2.24) is 4.31 Å². The topological polar surface area (TPSA) is 153 Å². The van der Waals surface area contributed by atoms with Crippen molar-refractivity contribution in [3.63, 3.8) is 0 Å². The number of hydrogen-bond donors (Lipinski definition) is 1. The van der Waals surface area contributed by atoms with E-state index in [2.05, 4.69) is 5.32 Å². The van der Waals surface area contributed by atoms with Gasteiger partial charge in [0.25, 0.3) is 17.3 Å². The van der Waals surface area contributed by atoms with Crippen molar-refractivity contribution < 1.29 is 23.1 Å². The summed E-state index contributed by atoms with van der Waals surface area (Å²) >= 11 is 0. The van der Waals surface area contributed by atoms with Gasteiger partial charge >= 0.3 is 0 Å². The lowest BCUT2D eigenvalue weighted by molar-refractivity contribution is -0.394. The highest BCUT2D eigenvalue weighted by Crippen LogP contribution is 2.26. The molecule has 11 nitrogen and oxygen atoms in total. The van der Waals surface area contributed by atoms with Crippen LogP contribution in [0.4, 0.5) is 17.1 Å². The number of benzene rings is 2. The van der Waals surface area contributed by atoms with Crippen LogP contribution in [0.3, 0.4) is 0 Å². The number of non-ortho nitro benzene ring substituents is 1. The molecule has 2 rings (SSSR count). The fourth-order valence-corrected chi connectivity index (χ4v) is 4.06. The molecule has 0 atom stereocenters. The molecular formula is C17H18N4O7S. The molecule has 0 aliphatic rings. The first-order valence-electron chi connectivity index (χ1n) is 8.46. The number of nitro benzene ring substituents is 2. The number of nitro groups is 2. The standard InChI is InChI=1S/C17H18N4O7S/c1-3-19(4-2)29(27,28)14-8-5-12(6-9-14)18-17(22)15-10-7-13(20(23)24)11-16(15)21(25)26/h5-11H,3-4H2,1-2H3,(H,18,22). The number of hydrogen-bond acceptors (Lipinski definition) is 7. The average molecular weight is 422 g/mol. The van der Waals surface area contributed by atoms with Gasteiger partial charge in [0.05, 0.1) is 20.8 Å². The highest BCUT2D eigenvalue weighted by molar-refractivity contribution is 7.89. The van der Waals surface area contributed by atoms with E-state index in [1.54, 1.807) is 13.8 Å². The van der Waals surface area contributed by atoms with E-state index in [9.17, 15) is 33.4 Å². The zero-order valence-corrected chi connectivity index (χ0v) is 16.4. The van der Waals surface area contributed by atoms with Crippen molar-refractivity contribution >= 4 is 33.0 Å². The van der Waals surface area contributed by atoms with E-state index in [0.29, 0.717) is 19.2 Å². The molecule has 2 aromatic carbocycles. The molecule has 29 heavy (non-hydrogen) atoms. The maximum absolute atomic E-state index is 12.5. The summed E-state index contributed by atoms with van der Waals surface area (Å²) in [6, 6.07) is 8.01. The number of amides is 1. The molecule has 2 aromatic rings. The van der Waals surface area contributed by atoms with E-state index < -0.39 is 37.2 Å². The number of carbonyl (C=O) groups is 1. The summed E-state index contributed by atoms with van der Waals surface area (Å²) < 4.78 is 26.2. The monoisotopic (exact) mass is 422 g/mol. The van der Waals surface area contributed by atoms with Crippen LogP contribution in [0.1, 0.15) is 24.2 Å². The minimum atomic E-state index is -3.66. The normalized spacial score (nSPS) is 11.3. The number of rotatable bonds is 8. The van der Waals surface area contributed by atoms with Gasteiger partial charge in [-0.2, -0.15) is 4.31 Å². The van der Waals surface area contributed by atoms with Gasteiger partial charge in [-0.05, 0) is 30.3 Å². The lowest BCUT2D eigenvalue weighted by Gasteiger charge is -2.18. The van der Waals surface area contributed by atoms with Gasteiger partial charge in [-0.3, -0.25) is 25.0 Å². The first-order chi connectivity index (χ1) is 13.6. The van der Waals surface area contributed by atoms with Crippen molar-refractivity contribution in [2.75, 3.05) is 18.4 Å². The summed E-state index contributed by atoms with van der Waals surface area (Å²) in [5.74, 6) is -0.856. The Hall–Kier alpha value is -3.38. The van der Waals surface area contributed by atoms with Crippen LogP contribution in [-0.4, -0.2) is 41.6 Å². The SMILES string of the molecule is CCN(CC)S(=O)(=O)c1ccc(NC(=O)c2ccc([N+](=O)[O-])cc2[N+](=O)[O-])cc1. The third-order valence-corrected chi connectivity index (χ3v) is 6.15. The third-order valence-electron chi connectivity index (χ3n) is 4.09. The molecule has 0 fully saturated rings. The van der Waals surface area contributed by atoms with Crippen LogP contribution in [0.2, 0.25) is 0 Å². The van der Waals surface area contributed by atoms with E-state index in [4.69, 9.17) is 0 Å². The van der Waals surface area contributed by atoms with Crippen molar-refractivity contribution in [1.29, 1.82) is 0 Å². The van der Waals surface area contributed by atoms with Crippen molar-refractivity contribution in [2.45, 2.75) is 18.7 Å². The number of nitrogens with zero attached hydrogens (tertiary/aromatic N) is 3. The second-order valence-corrected chi connectivity index (χ2v) is 7.72. The molecule has 0 spiro atoms. The number of nitrogens with one attached hydrogen (secondary N) is 1. The summed E-state index contributed by atoms with van der Waals surface area (Å²) in [5.41, 5.74) is -1.38. The average Bonchev–Trinajstić information content (AvgIpc) is 2.68. The second-order valence-electron chi connectivity index (χ2n) is 5.78. The molecular weight excluding hydrogens is 404 g/mol. The van der Waals surface area contributed by atoms with Crippen LogP contribution in [0.25, 0.3) is 0 Å².